The number of rotatable bonds is 2. The molecule has 0 radical (unpaired) electrons. The lowest BCUT2D eigenvalue weighted by atomic mass is 9.90. The Morgan fingerprint density at radius 3 is 1.77 bits per heavy atom. The Morgan fingerprint density at radius 2 is 1.00 bits per heavy atom. The van der Waals surface area contributed by atoms with Crippen LogP contribution in [0.3, 0.4) is 0 Å². The molecule has 3 heterocycles. The fourth-order valence-electron chi connectivity index (χ4n) is 8.10. The van der Waals surface area contributed by atoms with Gasteiger partial charge in [0.25, 0.3) is 0 Å². The van der Waals surface area contributed by atoms with Gasteiger partial charge in [-0.25, -0.2) is 4.98 Å². The molecule has 48 heavy (non-hydrogen) atoms. The minimum Gasteiger partial charge on any atom is -0.454 e. The van der Waals surface area contributed by atoms with E-state index in [0.717, 1.165) is 55.4 Å². The fraction of sp³-hybridized carbons (Fsp3) is 0. The van der Waals surface area contributed by atoms with Gasteiger partial charge in [0.05, 0.1) is 22.2 Å². The number of fused-ring (bicyclic) bond motifs is 15. The summed E-state index contributed by atoms with van der Waals surface area (Å²) in [4.78, 5) is 5.37. The molecule has 8 aromatic carbocycles. The van der Waals surface area contributed by atoms with Crippen molar-refractivity contribution in [1.29, 1.82) is 0 Å². The van der Waals surface area contributed by atoms with Crippen molar-refractivity contribution in [3.05, 3.63) is 158 Å². The zero-order chi connectivity index (χ0) is 31.3. The molecule has 11 aromatic rings. The second-order valence-electron chi connectivity index (χ2n) is 12.7. The average molecular weight is 611 g/mol. The summed E-state index contributed by atoms with van der Waals surface area (Å²) in [5.74, 6) is 0. The van der Waals surface area contributed by atoms with Gasteiger partial charge in [-0.05, 0) is 57.9 Å². The minimum atomic E-state index is 0.904. The largest absolute Gasteiger partial charge is 0.454 e. The van der Waals surface area contributed by atoms with E-state index in [1.165, 1.54) is 48.5 Å². The van der Waals surface area contributed by atoms with E-state index in [2.05, 4.69) is 156 Å². The Hall–Kier alpha value is -6.45. The van der Waals surface area contributed by atoms with Crippen LogP contribution in [0.1, 0.15) is 0 Å². The van der Waals surface area contributed by atoms with E-state index in [-0.39, 0.29) is 0 Å². The average Bonchev–Trinajstić information content (AvgIpc) is 3.70. The van der Waals surface area contributed by atoms with E-state index < -0.39 is 0 Å². The summed E-state index contributed by atoms with van der Waals surface area (Å²) < 4.78 is 8.94. The molecule has 3 aromatic heterocycles. The number of pyridine rings is 1. The van der Waals surface area contributed by atoms with Crippen molar-refractivity contribution in [3.63, 3.8) is 0 Å². The van der Waals surface area contributed by atoms with Crippen molar-refractivity contribution in [3.8, 4) is 16.9 Å². The van der Waals surface area contributed by atoms with Gasteiger partial charge in [0.1, 0.15) is 5.58 Å². The summed E-state index contributed by atoms with van der Waals surface area (Å²) in [6.45, 7) is 0. The van der Waals surface area contributed by atoms with Crippen molar-refractivity contribution < 1.29 is 4.42 Å². The number of benzene rings is 8. The van der Waals surface area contributed by atoms with Gasteiger partial charge in [0.2, 0.25) is 0 Å². The smallest absolute Gasteiger partial charge is 0.160 e. The number of aromatic nitrogens is 2. The molecule has 0 amide bonds. The van der Waals surface area contributed by atoms with Gasteiger partial charge in [-0.3, -0.25) is 0 Å². The Kier molecular flexibility index (Phi) is 5.11. The van der Waals surface area contributed by atoms with Crippen LogP contribution in [0.4, 0.5) is 0 Å². The molecule has 0 saturated heterocycles. The molecule has 3 nitrogen and oxygen atoms in total. The van der Waals surface area contributed by atoms with Crippen LogP contribution in [-0.4, -0.2) is 9.55 Å². The van der Waals surface area contributed by atoms with Gasteiger partial charge in [0.15, 0.2) is 5.58 Å². The van der Waals surface area contributed by atoms with Gasteiger partial charge >= 0.3 is 0 Å². The summed E-state index contributed by atoms with van der Waals surface area (Å²) >= 11 is 0. The number of nitrogens with zero attached hydrogens (tertiary/aromatic N) is 2. The van der Waals surface area contributed by atoms with Crippen LogP contribution in [0.5, 0.6) is 0 Å². The van der Waals surface area contributed by atoms with Crippen molar-refractivity contribution in [1.82, 2.24) is 9.55 Å². The Balaban J connectivity index is 1.21. The molecule has 0 fully saturated rings. The van der Waals surface area contributed by atoms with Crippen molar-refractivity contribution >= 4 is 87.0 Å². The van der Waals surface area contributed by atoms with Gasteiger partial charge in [0, 0.05) is 49.0 Å². The number of hydrogen-bond acceptors (Lipinski definition) is 2. The van der Waals surface area contributed by atoms with Gasteiger partial charge in [-0.1, -0.05) is 121 Å². The van der Waals surface area contributed by atoms with E-state index in [0.29, 0.717) is 0 Å². The van der Waals surface area contributed by atoms with Crippen molar-refractivity contribution in [2.24, 2.45) is 0 Å². The minimum absolute atomic E-state index is 0.904. The first-order valence-corrected chi connectivity index (χ1v) is 16.4. The molecule has 0 saturated carbocycles. The highest BCUT2D eigenvalue weighted by atomic mass is 16.3. The molecule has 0 spiro atoms. The third kappa shape index (κ3) is 3.40. The molecule has 0 aliphatic rings. The van der Waals surface area contributed by atoms with E-state index in [9.17, 15) is 0 Å². The Morgan fingerprint density at radius 1 is 0.417 bits per heavy atom. The lowest BCUT2D eigenvalue weighted by Gasteiger charge is -2.16. The lowest BCUT2D eigenvalue weighted by Crippen LogP contribution is -1.96. The highest BCUT2D eigenvalue weighted by molar-refractivity contribution is 6.33. The quantitative estimate of drug-likeness (QED) is 0.182. The molecule has 3 heteroatoms. The zero-order valence-corrected chi connectivity index (χ0v) is 25.8. The van der Waals surface area contributed by atoms with E-state index >= 15 is 0 Å². The predicted molar refractivity (Wildman–Crippen MR) is 201 cm³/mol. The van der Waals surface area contributed by atoms with Crippen LogP contribution in [-0.2, 0) is 0 Å². The van der Waals surface area contributed by atoms with Crippen molar-refractivity contribution in [2.75, 3.05) is 0 Å². The lowest BCUT2D eigenvalue weighted by molar-refractivity contribution is 0.671. The maximum atomic E-state index is 6.58. The van der Waals surface area contributed by atoms with E-state index in [1.54, 1.807) is 0 Å². The van der Waals surface area contributed by atoms with Crippen LogP contribution in [0.15, 0.2) is 162 Å². The predicted octanol–water partition coefficient (Wildman–Crippen LogP) is 12.4. The molecule has 0 aliphatic carbocycles. The summed E-state index contributed by atoms with van der Waals surface area (Å²) in [6, 6.07) is 56.4. The molecule has 0 bridgehead atoms. The molecule has 11 rings (SSSR count). The Bertz CT molecular complexity index is 3110. The molecule has 0 atom stereocenters. The summed E-state index contributed by atoms with van der Waals surface area (Å²) in [6.07, 6.45) is 0. The maximum Gasteiger partial charge on any atom is 0.160 e. The highest BCUT2D eigenvalue weighted by Gasteiger charge is 2.20. The van der Waals surface area contributed by atoms with Crippen LogP contribution >= 0.6 is 0 Å². The van der Waals surface area contributed by atoms with E-state index in [4.69, 9.17) is 9.40 Å². The highest BCUT2D eigenvalue weighted by Crippen LogP contribution is 2.44. The summed E-state index contributed by atoms with van der Waals surface area (Å²) in [5, 5.41) is 13.3. The number of para-hydroxylation sites is 3. The molecular weight excluding hydrogens is 585 g/mol. The molecule has 222 valence electrons. The molecular formula is C45H26N2O. The van der Waals surface area contributed by atoms with Crippen LogP contribution in [0, 0.1) is 0 Å². The van der Waals surface area contributed by atoms with Crippen LogP contribution < -0.4 is 0 Å². The molecule has 0 N–H and O–H groups in total. The first kappa shape index (κ1) is 25.7. The fourth-order valence-corrected chi connectivity index (χ4v) is 8.10. The summed E-state index contributed by atoms with van der Waals surface area (Å²) in [5.41, 5.74) is 8.22. The standard InChI is InChI=1S/C45H26N2O/c1-3-15-33-29(11-1)30-12-2-4-16-34(30)42-41(33)37-17-5-8-18-38(37)46-43(42)27-21-23-28(24-22-27)47-39-19-9-6-13-31(39)35-25-26-36-32-14-7-10-20-40(32)48-45(36)44(35)47/h1-26H. The first-order valence-electron chi connectivity index (χ1n) is 16.4. The van der Waals surface area contributed by atoms with Gasteiger partial charge in [-0.2, -0.15) is 0 Å². The topological polar surface area (TPSA) is 31.0 Å². The Labute approximate surface area is 274 Å². The second kappa shape index (κ2) is 9.54. The normalized spacial score (nSPS) is 12.2. The number of hydrogen-bond donors (Lipinski definition) is 0. The van der Waals surface area contributed by atoms with Crippen LogP contribution in [0.2, 0.25) is 0 Å². The third-order valence-electron chi connectivity index (χ3n) is 10.2. The van der Waals surface area contributed by atoms with E-state index in [1.807, 2.05) is 6.07 Å². The van der Waals surface area contributed by atoms with Crippen molar-refractivity contribution in [2.45, 2.75) is 0 Å². The second-order valence-corrected chi connectivity index (χ2v) is 12.7. The summed E-state index contributed by atoms with van der Waals surface area (Å²) in [7, 11) is 0. The SMILES string of the molecule is c1ccc2c(c1)nc(-c1ccc(-n3c4ccccc4c4ccc5c6ccccc6oc5c43)cc1)c1c3ccccc3c3ccccc3c21. The van der Waals surface area contributed by atoms with Crippen LogP contribution in [0.25, 0.3) is 104 Å². The monoisotopic (exact) mass is 610 g/mol. The first-order chi connectivity index (χ1) is 23.8. The van der Waals surface area contributed by atoms with Gasteiger partial charge < -0.3 is 8.98 Å². The third-order valence-corrected chi connectivity index (χ3v) is 10.2. The zero-order valence-electron chi connectivity index (χ0n) is 25.8. The number of furan rings is 1. The molecule has 0 aliphatic heterocycles. The van der Waals surface area contributed by atoms with Gasteiger partial charge in [-0.15, -0.1) is 0 Å². The maximum absolute atomic E-state index is 6.58. The molecule has 0 unspecified atom stereocenters.